The van der Waals surface area contributed by atoms with Crippen LogP contribution in [0.3, 0.4) is 0 Å². The van der Waals surface area contributed by atoms with Gasteiger partial charge < -0.3 is 4.90 Å². The molecule has 0 fully saturated rings. The van der Waals surface area contributed by atoms with Crippen LogP contribution in [0.25, 0.3) is 26.1 Å². The molecule has 0 radical (unpaired) electrons. The molecule has 3 rings (SSSR count). The number of hydrogen-bond donors (Lipinski definition) is 0. The topological polar surface area (TPSA) is 63.9 Å². The zero-order valence-electron chi connectivity index (χ0n) is 13.3. The summed E-state index contributed by atoms with van der Waals surface area (Å²) in [6.07, 6.45) is 6.50. The summed E-state index contributed by atoms with van der Waals surface area (Å²) in [7, 11) is 1.96. The largest absolute Gasteiger partial charge is 0.359 e. The third kappa shape index (κ3) is 2.43. The third-order valence-corrected chi connectivity index (χ3v) is 4.81. The Hall–Kier alpha value is -2.54. The van der Waals surface area contributed by atoms with E-state index >= 15 is 0 Å². The minimum absolute atomic E-state index is 0.0984. The van der Waals surface area contributed by atoms with Crippen LogP contribution in [0.4, 0.5) is 5.82 Å². The van der Waals surface area contributed by atoms with Gasteiger partial charge in [0.2, 0.25) is 0 Å². The summed E-state index contributed by atoms with van der Waals surface area (Å²) in [6, 6.07) is 0. The number of fused-ring (bicyclic) bond motifs is 3. The fourth-order valence-electron chi connectivity index (χ4n) is 2.39. The Morgan fingerprint density at radius 2 is 2.22 bits per heavy atom. The molecule has 0 spiro atoms. The van der Waals surface area contributed by atoms with E-state index in [4.69, 9.17) is 0 Å². The molecule has 0 unspecified atom stereocenters. The van der Waals surface area contributed by atoms with Crippen LogP contribution in [0, 0.1) is 0 Å². The molecule has 0 N–H and O–H groups in total. The molecule has 6 nitrogen and oxygen atoms in total. The third-order valence-electron chi connectivity index (χ3n) is 3.73. The van der Waals surface area contributed by atoms with E-state index in [1.54, 1.807) is 18.5 Å². The molecule has 0 aliphatic carbocycles. The van der Waals surface area contributed by atoms with Crippen molar-refractivity contribution in [3.05, 3.63) is 41.7 Å². The van der Waals surface area contributed by atoms with E-state index in [9.17, 15) is 4.79 Å². The lowest BCUT2D eigenvalue weighted by Gasteiger charge is -2.15. The van der Waals surface area contributed by atoms with Crippen LogP contribution >= 0.6 is 11.3 Å². The van der Waals surface area contributed by atoms with Crippen molar-refractivity contribution in [3.8, 4) is 0 Å². The predicted molar refractivity (Wildman–Crippen MR) is 96.1 cm³/mol. The number of allylic oxidation sites excluding steroid dienone is 3. The zero-order chi connectivity index (χ0) is 16.6. The van der Waals surface area contributed by atoms with Gasteiger partial charge in [0.25, 0.3) is 5.56 Å². The lowest BCUT2D eigenvalue weighted by Crippen LogP contribution is -2.19. The Morgan fingerprint density at radius 3 is 2.91 bits per heavy atom. The van der Waals surface area contributed by atoms with E-state index in [0.717, 1.165) is 28.3 Å². The minimum atomic E-state index is -0.0984. The maximum absolute atomic E-state index is 12.8. The van der Waals surface area contributed by atoms with E-state index < -0.39 is 0 Å². The molecule has 0 saturated heterocycles. The Labute approximate surface area is 137 Å². The SMILES string of the molecule is C=C/C=C(\C)n1cnc2c(sc3ncnc(N(C)CC)c32)c1=O. The van der Waals surface area contributed by atoms with E-state index in [1.807, 2.05) is 25.8 Å². The first-order chi connectivity index (χ1) is 11.1. The van der Waals surface area contributed by atoms with Gasteiger partial charge in [-0.1, -0.05) is 12.7 Å². The fourth-order valence-corrected chi connectivity index (χ4v) is 3.41. The molecule has 0 bridgehead atoms. The standard InChI is InChI=1S/C16H17N5OS/c1-5-7-10(3)21-9-19-12-11-14(20(4)6-2)17-8-18-15(11)23-13(12)16(21)22/h5,7-9H,1,6H2,2-4H3/b10-7+. The molecule has 0 aromatic carbocycles. The highest BCUT2D eigenvalue weighted by Crippen LogP contribution is 2.34. The molecule has 0 atom stereocenters. The fraction of sp³-hybridized carbons (Fsp3) is 0.250. The summed E-state index contributed by atoms with van der Waals surface area (Å²) in [5.41, 5.74) is 1.33. The monoisotopic (exact) mass is 327 g/mol. The first-order valence-electron chi connectivity index (χ1n) is 7.24. The average Bonchev–Trinajstić information content (AvgIpc) is 2.94. The van der Waals surface area contributed by atoms with Gasteiger partial charge in [-0.3, -0.25) is 9.36 Å². The number of nitrogens with zero attached hydrogens (tertiary/aromatic N) is 5. The van der Waals surface area contributed by atoms with Crippen LogP contribution in [0.1, 0.15) is 13.8 Å². The van der Waals surface area contributed by atoms with Gasteiger partial charge in [-0.25, -0.2) is 15.0 Å². The highest BCUT2D eigenvalue weighted by Gasteiger charge is 2.18. The quantitative estimate of drug-likeness (QED) is 0.689. The van der Waals surface area contributed by atoms with Gasteiger partial charge >= 0.3 is 0 Å². The van der Waals surface area contributed by atoms with E-state index in [0.29, 0.717) is 10.2 Å². The molecule has 3 aromatic heterocycles. The highest BCUT2D eigenvalue weighted by molar-refractivity contribution is 7.25. The van der Waals surface area contributed by atoms with Crippen LogP contribution < -0.4 is 10.5 Å². The van der Waals surface area contributed by atoms with Crippen molar-refractivity contribution < 1.29 is 0 Å². The Morgan fingerprint density at radius 1 is 1.43 bits per heavy atom. The molecule has 23 heavy (non-hydrogen) atoms. The number of thiophene rings is 1. The molecular formula is C16H17N5OS. The van der Waals surface area contributed by atoms with Crippen LogP contribution in [0.5, 0.6) is 0 Å². The van der Waals surface area contributed by atoms with Crippen LogP contribution in [-0.4, -0.2) is 33.1 Å². The molecular weight excluding hydrogens is 310 g/mol. The molecule has 0 aliphatic heterocycles. The van der Waals surface area contributed by atoms with Crippen molar-refractivity contribution >= 4 is 43.3 Å². The van der Waals surface area contributed by atoms with E-state index in [2.05, 4.69) is 21.5 Å². The Kier molecular flexibility index (Phi) is 3.96. The first kappa shape index (κ1) is 15.4. The van der Waals surface area contributed by atoms with Crippen molar-refractivity contribution in [2.45, 2.75) is 13.8 Å². The van der Waals surface area contributed by atoms with E-state index in [-0.39, 0.29) is 5.56 Å². The summed E-state index contributed by atoms with van der Waals surface area (Å²) in [6.45, 7) is 8.36. The van der Waals surface area contributed by atoms with Gasteiger partial charge in [0.15, 0.2) is 0 Å². The van der Waals surface area contributed by atoms with Crippen molar-refractivity contribution in [1.29, 1.82) is 0 Å². The van der Waals surface area contributed by atoms with Gasteiger partial charge in [0.1, 0.15) is 33.5 Å². The lowest BCUT2D eigenvalue weighted by molar-refractivity contribution is 0.940. The molecule has 118 valence electrons. The van der Waals surface area contributed by atoms with Crippen molar-refractivity contribution in [2.75, 3.05) is 18.5 Å². The second-order valence-corrected chi connectivity index (χ2v) is 6.13. The van der Waals surface area contributed by atoms with E-state index in [1.165, 1.54) is 22.2 Å². The first-order valence-corrected chi connectivity index (χ1v) is 8.05. The van der Waals surface area contributed by atoms with Crippen LogP contribution in [0.2, 0.25) is 0 Å². The second-order valence-electron chi connectivity index (χ2n) is 5.13. The highest BCUT2D eigenvalue weighted by atomic mass is 32.1. The molecule has 0 amide bonds. The molecule has 3 heterocycles. The normalized spacial score (nSPS) is 12.0. The van der Waals surface area contributed by atoms with Crippen molar-refractivity contribution in [1.82, 2.24) is 19.5 Å². The average molecular weight is 327 g/mol. The number of rotatable bonds is 4. The van der Waals surface area contributed by atoms with Crippen molar-refractivity contribution in [3.63, 3.8) is 0 Å². The Bertz CT molecular complexity index is 985. The lowest BCUT2D eigenvalue weighted by atomic mass is 10.3. The van der Waals surface area contributed by atoms with Gasteiger partial charge in [0.05, 0.1) is 5.39 Å². The Balaban J connectivity index is 2.38. The molecule has 7 heteroatoms. The van der Waals surface area contributed by atoms with Gasteiger partial charge in [-0.15, -0.1) is 11.3 Å². The second kappa shape index (κ2) is 5.92. The van der Waals surface area contributed by atoms with Crippen LogP contribution in [0.15, 0.2) is 36.2 Å². The van der Waals surface area contributed by atoms with Gasteiger partial charge in [-0.2, -0.15) is 0 Å². The van der Waals surface area contributed by atoms with Crippen LogP contribution in [-0.2, 0) is 0 Å². The molecule has 0 saturated carbocycles. The smallest absolute Gasteiger partial charge is 0.275 e. The summed E-state index contributed by atoms with van der Waals surface area (Å²) < 4.78 is 2.11. The number of anilines is 1. The summed E-state index contributed by atoms with van der Waals surface area (Å²) in [5.74, 6) is 0.798. The number of hydrogen-bond acceptors (Lipinski definition) is 6. The maximum atomic E-state index is 12.8. The van der Waals surface area contributed by atoms with Gasteiger partial charge in [-0.05, 0) is 19.9 Å². The summed E-state index contributed by atoms with van der Waals surface area (Å²) in [4.78, 5) is 28.7. The minimum Gasteiger partial charge on any atom is -0.359 e. The molecule has 3 aromatic rings. The van der Waals surface area contributed by atoms with Gasteiger partial charge in [0, 0.05) is 19.3 Å². The summed E-state index contributed by atoms with van der Waals surface area (Å²) >= 11 is 1.35. The molecule has 0 aliphatic rings. The summed E-state index contributed by atoms with van der Waals surface area (Å²) in [5, 5.41) is 0.839. The maximum Gasteiger partial charge on any atom is 0.275 e. The number of aromatic nitrogens is 4. The zero-order valence-corrected chi connectivity index (χ0v) is 14.1. The predicted octanol–water partition coefficient (Wildman–Crippen LogP) is 2.90. The van der Waals surface area contributed by atoms with Crippen molar-refractivity contribution in [2.24, 2.45) is 0 Å².